The highest BCUT2D eigenvalue weighted by molar-refractivity contribution is 5.67. The maximum atomic E-state index is 12.8. The second kappa shape index (κ2) is 8.17. The molecular weight excluding hydrogens is 403 g/mol. The molecule has 0 unspecified atom stereocenters. The Balaban J connectivity index is 1.47. The van der Waals surface area contributed by atoms with Crippen molar-refractivity contribution in [3.05, 3.63) is 64.8 Å². The minimum Gasteiger partial charge on any atom is -0.353 e. The molecule has 1 aromatic carbocycles. The molecule has 1 fully saturated rings. The fourth-order valence-electron chi connectivity index (χ4n) is 3.77. The van der Waals surface area contributed by atoms with Gasteiger partial charge in [-0.25, -0.2) is 4.98 Å². The topological polar surface area (TPSA) is 45.2 Å². The van der Waals surface area contributed by atoms with Gasteiger partial charge in [-0.15, -0.1) is 10.2 Å². The molecule has 3 aromatic rings. The third kappa shape index (κ3) is 4.33. The number of rotatable bonds is 3. The summed E-state index contributed by atoms with van der Waals surface area (Å²) in [5.74, 6) is 1.41. The number of benzene rings is 1. The van der Waals surface area contributed by atoms with Gasteiger partial charge in [0.05, 0.1) is 11.3 Å². The lowest BCUT2D eigenvalue weighted by atomic mass is 10.0. The summed E-state index contributed by atoms with van der Waals surface area (Å²) >= 11 is 0. The number of piperazine rings is 1. The second-order valence-electron chi connectivity index (χ2n) is 7.87. The molecule has 0 amide bonds. The molecule has 31 heavy (non-hydrogen) atoms. The van der Waals surface area contributed by atoms with Crippen molar-refractivity contribution in [3.63, 3.8) is 0 Å². The molecule has 0 aliphatic carbocycles. The molecule has 0 bridgehead atoms. The summed E-state index contributed by atoms with van der Waals surface area (Å²) in [7, 11) is 0. The summed E-state index contributed by atoms with van der Waals surface area (Å²) in [5, 5.41) is 9.01. The van der Waals surface area contributed by atoms with Crippen LogP contribution in [0.4, 0.5) is 24.8 Å². The lowest BCUT2D eigenvalue weighted by Gasteiger charge is -2.36. The van der Waals surface area contributed by atoms with Crippen molar-refractivity contribution in [2.45, 2.75) is 26.9 Å². The SMILES string of the molecule is Cc1ccc(-c2nnc(N3CCN(c4ccc(C(F)(F)F)cn4)CC3)c(C)c2C)cc1. The monoisotopic (exact) mass is 427 g/mol. The van der Waals surface area contributed by atoms with Gasteiger partial charge in [0.15, 0.2) is 5.82 Å². The molecule has 1 aliphatic rings. The summed E-state index contributed by atoms with van der Waals surface area (Å²) in [4.78, 5) is 8.18. The first kappa shape index (κ1) is 21.1. The highest BCUT2D eigenvalue weighted by Crippen LogP contribution is 2.31. The molecule has 5 nitrogen and oxygen atoms in total. The molecule has 1 aliphatic heterocycles. The largest absolute Gasteiger partial charge is 0.417 e. The average molecular weight is 427 g/mol. The molecule has 0 radical (unpaired) electrons. The zero-order valence-electron chi connectivity index (χ0n) is 17.7. The first-order valence-electron chi connectivity index (χ1n) is 10.2. The summed E-state index contributed by atoms with van der Waals surface area (Å²) < 4.78 is 38.3. The van der Waals surface area contributed by atoms with Gasteiger partial charge in [0.1, 0.15) is 5.82 Å². The number of aromatic nitrogens is 3. The second-order valence-corrected chi connectivity index (χ2v) is 7.87. The molecule has 0 atom stereocenters. The van der Waals surface area contributed by atoms with Crippen LogP contribution in [-0.2, 0) is 6.18 Å². The minimum atomic E-state index is -4.37. The van der Waals surface area contributed by atoms with Gasteiger partial charge in [-0.05, 0) is 44.0 Å². The van der Waals surface area contributed by atoms with Crippen molar-refractivity contribution in [1.29, 1.82) is 0 Å². The number of pyridine rings is 1. The molecule has 0 saturated carbocycles. The van der Waals surface area contributed by atoms with Crippen LogP contribution in [0.3, 0.4) is 0 Å². The van der Waals surface area contributed by atoms with E-state index in [1.54, 1.807) is 0 Å². The Hall–Kier alpha value is -3.16. The fraction of sp³-hybridized carbons (Fsp3) is 0.348. The predicted octanol–water partition coefficient (Wildman–Crippen LogP) is 4.81. The van der Waals surface area contributed by atoms with Crippen LogP contribution in [0.25, 0.3) is 11.3 Å². The first-order chi connectivity index (χ1) is 14.7. The molecule has 8 heteroatoms. The van der Waals surface area contributed by atoms with Crippen LogP contribution in [0, 0.1) is 20.8 Å². The lowest BCUT2D eigenvalue weighted by Crippen LogP contribution is -2.47. The van der Waals surface area contributed by atoms with Gasteiger partial charge < -0.3 is 9.80 Å². The van der Waals surface area contributed by atoms with Gasteiger partial charge in [-0.1, -0.05) is 29.8 Å². The summed E-state index contributed by atoms with van der Waals surface area (Å²) in [5.41, 5.74) is 4.58. The van der Waals surface area contributed by atoms with E-state index in [9.17, 15) is 13.2 Å². The van der Waals surface area contributed by atoms with Gasteiger partial charge in [0, 0.05) is 37.9 Å². The van der Waals surface area contributed by atoms with Crippen molar-refractivity contribution in [3.8, 4) is 11.3 Å². The number of anilines is 2. The van der Waals surface area contributed by atoms with E-state index in [2.05, 4.69) is 65.1 Å². The molecule has 0 N–H and O–H groups in total. The molecule has 0 spiro atoms. The Labute approximate surface area is 179 Å². The number of aryl methyl sites for hydroxylation is 1. The molecule has 162 valence electrons. The molecule has 1 saturated heterocycles. The maximum absolute atomic E-state index is 12.8. The van der Waals surface area contributed by atoms with E-state index < -0.39 is 11.7 Å². The minimum absolute atomic E-state index is 0.557. The third-order valence-electron chi connectivity index (χ3n) is 5.80. The van der Waals surface area contributed by atoms with Gasteiger partial charge in [0.25, 0.3) is 0 Å². The Morgan fingerprint density at radius 3 is 2.00 bits per heavy atom. The number of hydrogen-bond donors (Lipinski definition) is 0. The number of hydrogen-bond acceptors (Lipinski definition) is 5. The Morgan fingerprint density at radius 1 is 0.774 bits per heavy atom. The van der Waals surface area contributed by atoms with Gasteiger partial charge >= 0.3 is 6.18 Å². The van der Waals surface area contributed by atoms with Crippen LogP contribution in [0.5, 0.6) is 0 Å². The predicted molar refractivity (Wildman–Crippen MR) is 115 cm³/mol. The number of nitrogens with zero attached hydrogens (tertiary/aromatic N) is 5. The lowest BCUT2D eigenvalue weighted by molar-refractivity contribution is -0.137. The molecule has 3 heterocycles. The van der Waals surface area contributed by atoms with Crippen LogP contribution in [0.1, 0.15) is 22.3 Å². The Kier molecular flexibility index (Phi) is 5.56. The molecule has 4 rings (SSSR count). The zero-order valence-corrected chi connectivity index (χ0v) is 17.7. The van der Waals surface area contributed by atoms with Crippen molar-refractivity contribution < 1.29 is 13.2 Å². The van der Waals surface area contributed by atoms with Crippen molar-refractivity contribution in [1.82, 2.24) is 15.2 Å². The van der Waals surface area contributed by atoms with Gasteiger partial charge in [-0.2, -0.15) is 13.2 Å². The van der Waals surface area contributed by atoms with E-state index in [0.717, 1.165) is 40.5 Å². The first-order valence-corrected chi connectivity index (χ1v) is 10.2. The van der Waals surface area contributed by atoms with E-state index >= 15 is 0 Å². The van der Waals surface area contributed by atoms with Crippen LogP contribution in [0.2, 0.25) is 0 Å². The van der Waals surface area contributed by atoms with Crippen molar-refractivity contribution >= 4 is 11.6 Å². The Bertz CT molecular complexity index is 1050. The third-order valence-corrected chi connectivity index (χ3v) is 5.80. The maximum Gasteiger partial charge on any atom is 0.417 e. The van der Waals surface area contributed by atoms with E-state index in [0.29, 0.717) is 32.0 Å². The fourth-order valence-corrected chi connectivity index (χ4v) is 3.77. The number of halogens is 3. The highest BCUT2D eigenvalue weighted by Gasteiger charge is 2.31. The van der Waals surface area contributed by atoms with Crippen LogP contribution < -0.4 is 9.80 Å². The molecule has 2 aromatic heterocycles. The zero-order chi connectivity index (χ0) is 22.2. The summed E-state index contributed by atoms with van der Waals surface area (Å²) in [6.45, 7) is 8.86. The summed E-state index contributed by atoms with van der Waals surface area (Å²) in [6.07, 6.45) is -3.48. The van der Waals surface area contributed by atoms with E-state index in [1.807, 2.05) is 4.90 Å². The van der Waals surface area contributed by atoms with Crippen LogP contribution in [0.15, 0.2) is 42.6 Å². The van der Waals surface area contributed by atoms with E-state index in [1.165, 1.54) is 11.6 Å². The normalized spacial score (nSPS) is 14.8. The van der Waals surface area contributed by atoms with Crippen LogP contribution in [-0.4, -0.2) is 41.4 Å². The van der Waals surface area contributed by atoms with Gasteiger partial charge in [-0.3, -0.25) is 0 Å². The van der Waals surface area contributed by atoms with Crippen molar-refractivity contribution in [2.24, 2.45) is 0 Å². The summed E-state index contributed by atoms with van der Waals surface area (Å²) in [6, 6.07) is 10.8. The highest BCUT2D eigenvalue weighted by atomic mass is 19.4. The van der Waals surface area contributed by atoms with Crippen LogP contribution >= 0.6 is 0 Å². The Morgan fingerprint density at radius 2 is 1.42 bits per heavy atom. The molecular formula is C23H24F3N5. The van der Waals surface area contributed by atoms with Crippen molar-refractivity contribution in [2.75, 3.05) is 36.0 Å². The number of alkyl halides is 3. The van der Waals surface area contributed by atoms with E-state index in [4.69, 9.17) is 0 Å². The smallest absolute Gasteiger partial charge is 0.353 e. The van der Waals surface area contributed by atoms with E-state index in [-0.39, 0.29) is 0 Å². The van der Waals surface area contributed by atoms with Gasteiger partial charge in [0.2, 0.25) is 0 Å². The quantitative estimate of drug-likeness (QED) is 0.600. The standard InChI is InChI=1S/C23H24F3N5/c1-15-4-6-18(7-5-15)21-16(2)17(3)22(29-28-21)31-12-10-30(11-13-31)20-9-8-19(14-27-20)23(24,25)26/h4-9,14H,10-13H2,1-3H3. The average Bonchev–Trinajstić information content (AvgIpc) is 2.76.